The second-order valence-corrected chi connectivity index (χ2v) is 7.33. The second-order valence-electron chi connectivity index (χ2n) is 6.04. The predicted octanol–water partition coefficient (Wildman–Crippen LogP) is 2.90. The smallest absolute Gasteiger partial charge is 0.303 e. The molecule has 1 aliphatic carbocycles. The van der Waals surface area contributed by atoms with Crippen LogP contribution in [0.3, 0.4) is 0 Å². The van der Waals surface area contributed by atoms with Crippen molar-refractivity contribution in [3.63, 3.8) is 0 Å². The highest BCUT2D eigenvalue weighted by Gasteiger charge is 2.52. The summed E-state index contributed by atoms with van der Waals surface area (Å²) in [7, 11) is 0. The van der Waals surface area contributed by atoms with Crippen LogP contribution in [0.5, 0.6) is 0 Å². The number of aryl methyl sites for hydroxylation is 2. The molecule has 1 saturated carbocycles. The van der Waals surface area contributed by atoms with Gasteiger partial charge >= 0.3 is 6.03 Å². The van der Waals surface area contributed by atoms with Gasteiger partial charge in [-0.2, -0.15) is 0 Å². The van der Waals surface area contributed by atoms with Crippen LogP contribution >= 0.6 is 11.3 Å². The number of urea groups is 1. The van der Waals surface area contributed by atoms with Gasteiger partial charge in [0, 0.05) is 4.88 Å². The number of hydrogen-bond donors (Lipinski definition) is 1. The lowest BCUT2D eigenvalue weighted by molar-refractivity contribution is -0.127. The highest BCUT2D eigenvalue weighted by molar-refractivity contribution is 7.11. The van der Waals surface area contributed by atoms with Crippen LogP contribution < -0.4 is 5.32 Å². The minimum atomic E-state index is -0.638. The van der Waals surface area contributed by atoms with Crippen LogP contribution in [0.25, 0.3) is 0 Å². The molecule has 21 heavy (non-hydrogen) atoms. The fourth-order valence-corrected chi connectivity index (χ4v) is 4.30. The Kier molecular flexibility index (Phi) is 3.73. The fourth-order valence-electron chi connectivity index (χ4n) is 3.37. The molecule has 3 amide bonds. The number of nitrogens with one attached hydrogen (secondary N) is 1. The molecular weight excluding hydrogens is 286 g/mol. The molecule has 0 bridgehead atoms. The monoisotopic (exact) mass is 307 g/mol. The first-order valence-corrected chi connectivity index (χ1v) is 8.40. The molecular formula is C15H21N3O2S. The van der Waals surface area contributed by atoms with E-state index >= 15 is 0 Å². The van der Waals surface area contributed by atoms with Gasteiger partial charge in [-0.25, -0.2) is 9.78 Å². The van der Waals surface area contributed by atoms with E-state index in [9.17, 15) is 9.59 Å². The van der Waals surface area contributed by atoms with E-state index in [2.05, 4.69) is 10.3 Å². The molecule has 6 heteroatoms. The van der Waals surface area contributed by atoms with Crippen molar-refractivity contribution < 1.29 is 9.59 Å². The number of rotatable bonds is 2. The SMILES string of the molecule is Cc1nc(CN2C(=O)NC(=O)C23CCCCCC3)sc1C. The van der Waals surface area contributed by atoms with Crippen LogP contribution in [0.2, 0.25) is 0 Å². The van der Waals surface area contributed by atoms with E-state index in [1.165, 1.54) is 4.88 Å². The van der Waals surface area contributed by atoms with Crippen molar-refractivity contribution >= 4 is 23.3 Å². The van der Waals surface area contributed by atoms with Crippen molar-refractivity contribution in [1.29, 1.82) is 0 Å². The number of aromatic nitrogens is 1. The molecule has 1 spiro atoms. The summed E-state index contributed by atoms with van der Waals surface area (Å²) >= 11 is 1.61. The number of nitrogens with zero attached hydrogens (tertiary/aromatic N) is 2. The fraction of sp³-hybridized carbons (Fsp3) is 0.667. The van der Waals surface area contributed by atoms with Crippen molar-refractivity contribution in [3.8, 4) is 0 Å². The molecule has 1 saturated heterocycles. The first kappa shape index (κ1) is 14.5. The Morgan fingerprint density at radius 2 is 1.86 bits per heavy atom. The molecule has 2 fully saturated rings. The minimum absolute atomic E-state index is 0.112. The van der Waals surface area contributed by atoms with Gasteiger partial charge in [-0.15, -0.1) is 11.3 Å². The Balaban J connectivity index is 1.89. The van der Waals surface area contributed by atoms with E-state index in [1.807, 2.05) is 13.8 Å². The van der Waals surface area contributed by atoms with Gasteiger partial charge in [0.1, 0.15) is 10.5 Å². The maximum absolute atomic E-state index is 12.4. The number of carbonyl (C=O) groups excluding carboxylic acids is 2. The molecule has 0 unspecified atom stereocenters. The maximum Gasteiger partial charge on any atom is 0.325 e. The van der Waals surface area contributed by atoms with Gasteiger partial charge in [0.05, 0.1) is 12.2 Å². The highest BCUT2D eigenvalue weighted by Crippen LogP contribution is 2.37. The first-order valence-electron chi connectivity index (χ1n) is 7.59. The zero-order valence-electron chi connectivity index (χ0n) is 12.6. The van der Waals surface area contributed by atoms with E-state index in [4.69, 9.17) is 0 Å². The van der Waals surface area contributed by atoms with Crippen molar-refractivity contribution in [2.75, 3.05) is 0 Å². The number of hydrogen-bond acceptors (Lipinski definition) is 4. The zero-order chi connectivity index (χ0) is 15.0. The zero-order valence-corrected chi connectivity index (χ0v) is 13.4. The van der Waals surface area contributed by atoms with Gasteiger partial charge in [-0.05, 0) is 26.7 Å². The molecule has 1 aromatic rings. The Bertz CT molecular complexity index is 554. The first-order chi connectivity index (χ1) is 10.0. The van der Waals surface area contributed by atoms with Gasteiger partial charge in [0.15, 0.2) is 0 Å². The van der Waals surface area contributed by atoms with Crippen LogP contribution in [-0.4, -0.2) is 27.4 Å². The van der Waals surface area contributed by atoms with Gasteiger partial charge in [0.2, 0.25) is 0 Å². The normalized spacial score (nSPS) is 21.7. The predicted molar refractivity (Wildman–Crippen MR) is 81.1 cm³/mol. The summed E-state index contributed by atoms with van der Waals surface area (Å²) in [4.78, 5) is 32.1. The van der Waals surface area contributed by atoms with Crippen molar-refractivity contribution in [1.82, 2.24) is 15.2 Å². The largest absolute Gasteiger partial charge is 0.325 e. The molecule has 5 nitrogen and oxygen atoms in total. The van der Waals surface area contributed by atoms with Crippen molar-refractivity contribution in [2.24, 2.45) is 0 Å². The molecule has 1 aliphatic heterocycles. The van der Waals surface area contributed by atoms with Gasteiger partial charge < -0.3 is 4.90 Å². The molecule has 0 aromatic carbocycles. The molecule has 3 rings (SSSR count). The summed E-state index contributed by atoms with van der Waals surface area (Å²) in [5, 5.41) is 3.44. The third-order valence-corrected chi connectivity index (χ3v) is 5.76. The number of imide groups is 1. The molecule has 2 aliphatic rings. The second kappa shape index (κ2) is 5.40. The van der Waals surface area contributed by atoms with Gasteiger partial charge in [-0.3, -0.25) is 10.1 Å². The topological polar surface area (TPSA) is 62.3 Å². The Labute approximate surface area is 128 Å². The van der Waals surface area contributed by atoms with Crippen LogP contribution in [-0.2, 0) is 11.3 Å². The van der Waals surface area contributed by atoms with Crippen molar-refractivity contribution in [3.05, 3.63) is 15.6 Å². The average Bonchev–Trinajstić information content (AvgIpc) is 2.75. The Hall–Kier alpha value is -1.43. The average molecular weight is 307 g/mol. The summed E-state index contributed by atoms with van der Waals surface area (Å²) in [6.07, 6.45) is 5.85. The van der Waals surface area contributed by atoms with Gasteiger partial charge in [0.25, 0.3) is 5.91 Å². The summed E-state index contributed by atoms with van der Waals surface area (Å²) in [5.74, 6) is -0.112. The highest BCUT2D eigenvalue weighted by atomic mass is 32.1. The molecule has 1 N–H and O–H groups in total. The van der Waals surface area contributed by atoms with Crippen LogP contribution in [0, 0.1) is 13.8 Å². The summed E-state index contributed by atoms with van der Waals surface area (Å²) in [5.41, 5.74) is 0.372. The Morgan fingerprint density at radius 1 is 1.19 bits per heavy atom. The summed E-state index contributed by atoms with van der Waals surface area (Å²) in [6.45, 7) is 4.45. The maximum atomic E-state index is 12.4. The standard InChI is InChI=1S/C15H21N3O2S/c1-10-11(2)21-12(16-10)9-18-14(20)17-13(19)15(18)7-5-3-4-6-8-15/h3-9H2,1-2H3,(H,17,19,20). The third-order valence-electron chi connectivity index (χ3n) is 4.70. The van der Waals surface area contributed by atoms with E-state index in [1.54, 1.807) is 16.2 Å². The lowest BCUT2D eigenvalue weighted by Gasteiger charge is -2.33. The van der Waals surface area contributed by atoms with Crippen LogP contribution in [0.1, 0.15) is 54.1 Å². The summed E-state index contributed by atoms with van der Waals surface area (Å²) in [6, 6.07) is -0.257. The number of amides is 3. The Morgan fingerprint density at radius 3 is 2.43 bits per heavy atom. The quantitative estimate of drug-likeness (QED) is 0.855. The molecule has 0 radical (unpaired) electrons. The van der Waals surface area contributed by atoms with Crippen molar-refractivity contribution in [2.45, 2.75) is 64.5 Å². The molecule has 1 aromatic heterocycles. The van der Waals surface area contributed by atoms with Crippen LogP contribution in [0.4, 0.5) is 4.79 Å². The summed E-state index contributed by atoms with van der Waals surface area (Å²) < 4.78 is 0. The lowest BCUT2D eigenvalue weighted by atomic mass is 9.89. The van der Waals surface area contributed by atoms with E-state index in [-0.39, 0.29) is 11.9 Å². The molecule has 114 valence electrons. The number of carbonyl (C=O) groups is 2. The van der Waals surface area contributed by atoms with E-state index in [0.717, 1.165) is 49.2 Å². The third kappa shape index (κ3) is 2.46. The minimum Gasteiger partial charge on any atom is -0.303 e. The lowest BCUT2D eigenvalue weighted by Crippen LogP contribution is -2.48. The molecule has 0 atom stereocenters. The van der Waals surface area contributed by atoms with Gasteiger partial charge in [-0.1, -0.05) is 25.7 Å². The van der Waals surface area contributed by atoms with Crippen LogP contribution in [0.15, 0.2) is 0 Å². The number of thiazole rings is 1. The van der Waals surface area contributed by atoms with E-state index < -0.39 is 5.54 Å². The van der Waals surface area contributed by atoms with E-state index in [0.29, 0.717) is 6.54 Å². The molecule has 2 heterocycles.